The van der Waals surface area contributed by atoms with E-state index >= 15 is 0 Å². The highest BCUT2D eigenvalue weighted by atomic mass is 31.0. The van der Waals surface area contributed by atoms with Crippen molar-refractivity contribution in [3.05, 3.63) is 112 Å². The van der Waals surface area contributed by atoms with Gasteiger partial charge in [-0.15, -0.1) is 9.24 Å². The van der Waals surface area contributed by atoms with Crippen LogP contribution in [-0.2, 0) is 12.8 Å². The summed E-state index contributed by atoms with van der Waals surface area (Å²) in [4.78, 5) is 0. The zero-order chi connectivity index (χ0) is 38.8. The number of hydrogen-bond donors (Lipinski definition) is 0. The number of fused-ring (bicyclic) bond motifs is 3. The van der Waals surface area contributed by atoms with Crippen molar-refractivity contribution in [1.82, 2.24) is 0 Å². The third-order valence-electron chi connectivity index (χ3n) is 11.8. The molecule has 1 heteroatoms. The minimum atomic E-state index is -0.226. The van der Waals surface area contributed by atoms with Crippen molar-refractivity contribution in [2.24, 2.45) is 16.7 Å². The van der Waals surface area contributed by atoms with Crippen LogP contribution < -0.4 is 0 Å². The highest BCUT2D eigenvalue weighted by Crippen LogP contribution is 2.71. The van der Waals surface area contributed by atoms with Crippen LogP contribution in [0, 0.1) is 23.7 Å². The molecule has 0 amide bonds. The maximum Gasteiger partial charge on any atom is 0.0366 e. The predicted molar refractivity (Wildman–Crippen MR) is 234 cm³/mol. The van der Waals surface area contributed by atoms with Gasteiger partial charge in [0, 0.05) is 5.16 Å². The average Bonchev–Trinajstić information content (AvgIpc) is 3.11. The van der Waals surface area contributed by atoms with Crippen LogP contribution in [0.2, 0.25) is 0 Å². The highest BCUT2D eigenvalue weighted by Gasteiger charge is 2.62. The molecule has 0 nitrogen and oxygen atoms in total. The molecule has 0 aliphatic heterocycles. The summed E-state index contributed by atoms with van der Waals surface area (Å²) >= 11 is 0. The van der Waals surface area contributed by atoms with Crippen molar-refractivity contribution in [1.29, 1.82) is 0 Å². The molecule has 5 rings (SSSR count). The molecule has 50 heavy (non-hydrogen) atoms. The number of benzene rings is 2. The summed E-state index contributed by atoms with van der Waals surface area (Å²) in [7, 11) is 3.33. The van der Waals surface area contributed by atoms with E-state index < -0.39 is 0 Å². The Hall–Kier alpha value is -2.43. The van der Waals surface area contributed by atoms with Crippen LogP contribution in [0.3, 0.4) is 0 Å². The summed E-state index contributed by atoms with van der Waals surface area (Å²) in [6, 6.07) is 13.8. The zero-order valence-corrected chi connectivity index (χ0v) is 36.8. The Labute approximate surface area is 314 Å². The molecule has 3 aliphatic rings. The van der Waals surface area contributed by atoms with E-state index in [1.807, 2.05) is 27.7 Å². The summed E-state index contributed by atoms with van der Waals surface area (Å²) in [5.74, 6) is 0.415. The van der Waals surface area contributed by atoms with E-state index in [-0.39, 0.29) is 16.0 Å². The van der Waals surface area contributed by atoms with Gasteiger partial charge in [-0.05, 0) is 119 Å². The quantitative estimate of drug-likeness (QED) is 0.273. The Balaban J connectivity index is 0.000000918. The number of hydrogen-bond acceptors (Lipinski definition) is 0. The molecule has 3 aliphatic carbocycles. The lowest BCUT2D eigenvalue weighted by Gasteiger charge is -2.64. The van der Waals surface area contributed by atoms with E-state index in [0.717, 1.165) is 24.8 Å². The molecule has 0 heterocycles. The van der Waals surface area contributed by atoms with Gasteiger partial charge in [-0.2, -0.15) is 0 Å². The molecule has 0 radical (unpaired) electrons. The minimum Gasteiger partial charge on any atom is -0.121 e. The Morgan fingerprint density at radius 1 is 0.860 bits per heavy atom. The van der Waals surface area contributed by atoms with Crippen LogP contribution >= 0.6 is 9.24 Å². The Morgan fingerprint density at radius 3 is 1.88 bits per heavy atom. The molecule has 2 aromatic carbocycles. The molecule has 0 bridgehead atoms. The first-order chi connectivity index (χ1) is 23.6. The molecule has 2 aromatic rings. The van der Waals surface area contributed by atoms with Crippen LogP contribution in [0.4, 0.5) is 0 Å². The van der Waals surface area contributed by atoms with Crippen molar-refractivity contribution >= 4 is 14.8 Å². The Kier molecular flexibility index (Phi) is 17.7. The normalized spacial score (nSPS) is 24.8. The zero-order valence-electron chi connectivity index (χ0n) is 35.7. The summed E-state index contributed by atoms with van der Waals surface area (Å²) in [6.07, 6.45) is 8.46. The first kappa shape index (κ1) is 45.6. The van der Waals surface area contributed by atoms with E-state index in [2.05, 4.69) is 135 Å². The molecular weight excluding hydrogens is 620 g/mol. The second-order valence-corrected chi connectivity index (χ2v) is 15.9. The van der Waals surface area contributed by atoms with Gasteiger partial charge in [0.15, 0.2) is 0 Å². The molecular formula is C49H77P. The van der Waals surface area contributed by atoms with Crippen LogP contribution in [0.25, 0.3) is 16.7 Å². The number of aryl methyl sites for hydroxylation is 2. The molecule has 0 fully saturated rings. The Morgan fingerprint density at radius 2 is 1.40 bits per heavy atom. The van der Waals surface area contributed by atoms with Gasteiger partial charge in [-0.1, -0.05) is 182 Å². The fourth-order valence-corrected chi connectivity index (χ4v) is 9.40. The van der Waals surface area contributed by atoms with E-state index in [1.54, 1.807) is 0 Å². The predicted octanol–water partition coefficient (Wildman–Crippen LogP) is 15.9. The van der Waals surface area contributed by atoms with Crippen molar-refractivity contribution in [3.8, 4) is 11.1 Å². The van der Waals surface area contributed by atoms with Crippen molar-refractivity contribution in [3.63, 3.8) is 0 Å². The van der Waals surface area contributed by atoms with Gasteiger partial charge in [0.2, 0.25) is 0 Å². The maximum atomic E-state index is 4.84. The van der Waals surface area contributed by atoms with Crippen LogP contribution in [-0.4, -0.2) is 5.16 Å². The van der Waals surface area contributed by atoms with Gasteiger partial charge in [0.05, 0.1) is 0 Å². The van der Waals surface area contributed by atoms with Gasteiger partial charge in [-0.3, -0.25) is 0 Å². The van der Waals surface area contributed by atoms with Gasteiger partial charge in [-0.25, -0.2) is 0 Å². The molecule has 0 aromatic heterocycles. The standard InChI is InChI=1S/C37H45P.2C4H10.2C2H6/c1-12-28-14-13-15-29(18-28)30-17-16-22(4)33-24(6)34-27(9)37(38)26(8)32(21(2)3)23(5)25(7)36(37,11)20-35(34,10)19-31(30)33;2*1-3-4-2;2*1-2/h13-18,25H,2,6,8,12,19-20,38H2,1,3-5,7,9-11H3;2*3-4H2,1-2H3;2*1-2H3. The van der Waals surface area contributed by atoms with Crippen molar-refractivity contribution in [2.45, 2.75) is 161 Å². The Bertz CT molecular complexity index is 1550. The van der Waals surface area contributed by atoms with E-state index in [1.165, 1.54) is 92.5 Å². The first-order valence-electron chi connectivity index (χ1n) is 20.0. The lowest BCUT2D eigenvalue weighted by Crippen LogP contribution is -2.58. The number of rotatable bonds is 5. The number of allylic oxidation sites excluding steroid dienone is 7. The van der Waals surface area contributed by atoms with Gasteiger partial charge >= 0.3 is 0 Å². The van der Waals surface area contributed by atoms with Crippen LogP contribution in [0.1, 0.15) is 158 Å². The van der Waals surface area contributed by atoms with E-state index in [0.29, 0.717) is 5.92 Å². The fourth-order valence-electron chi connectivity index (χ4n) is 8.76. The topological polar surface area (TPSA) is 0 Å². The van der Waals surface area contributed by atoms with Crippen molar-refractivity contribution in [2.75, 3.05) is 0 Å². The largest absolute Gasteiger partial charge is 0.121 e. The molecule has 5 unspecified atom stereocenters. The van der Waals surface area contributed by atoms with E-state index in [9.17, 15) is 0 Å². The average molecular weight is 697 g/mol. The van der Waals surface area contributed by atoms with E-state index in [4.69, 9.17) is 13.2 Å². The molecule has 0 N–H and O–H groups in total. The van der Waals surface area contributed by atoms with Crippen molar-refractivity contribution < 1.29 is 0 Å². The summed E-state index contributed by atoms with van der Waals surface area (Å²) < 4.78 is 0. The van der Waals surface area contributed by atoms with Crippen LogP contribution in [0.15, 0.2) is 89.6 Å². The van der Waals surface area contributed by atoms with Crippen LogP contribution in [0.5, 0.6) is 0 Å². The summed E-state index contributed by atoms with van der Waals surface area (Å²) in [5, 5.41) is -0.226. The lowest BCUT2D eigenvalue weighted by atomic mass is 9.44. The monoisotopic (exact) mass is 697 g/mol. The molecule has 0 saturated carbocycles. The van der Waals surface area contributed by atoms with Gasteiger partial charge < -0.3 is 0 Å². The van der Waals surface area contributed by atoms with Gasteiger partial charge in [0.25, 0.3) is 0 Å². The second-order valence-electron chi connectivity index (χ2n) is 15.0. The molecule has 0 spiro atoms. The third-order valence-corrected chi connectivity index (χ3v) is 13.2. The first-order valence-corrected chi connectivity index (χ1v) is 20.6. The maximum absolute atomic E-state index is 4.84. The lowest BCUT2D eigenvalue weighted by molar-refractivity contribution is 0.0906. The minimum absolute atomic E-state index is 0.00342. The van der Waals surface area contributed by atoms with Gasteiger partial charge in [0.1, 0.15) is 0 Å². The SMILES string of the molecule is C=C(C)C1=C(C)C(C)C2(C)CC3(C)Cc4c(-c5cccc(CC)c5)ccc(C)c4C(=C)C3=C(C)C2(P)C1=C.CC.CC.CCCC.CCCC. The molecule has 5 atom stereocenters. The molecule has 0 saturated heterocycles. The summed E-state index contributed by atoms with van der Waals surface area (Å²) in [6.45, 7) is 49.5. The highest BCUT2D eigenvalue weighted by molar-refractivity contribution is 7.20. The smallest absolute Gasteiger partial charge is 0.0366 e. The fraction of sp³-hybridized carbons (Fsp3) is 0.551. The third kappa shape index (κ3) is 8.28. The number of unbranched alkanes of at least 4 members (excludes halogenated alkanes) is 2. The summed E-state index contributed by atoms with van der Waals surface area (Å²) in [5.41, 5.74) is 17.4. The molecule has 278 valence electrons. The second kappa shape index (κ2) is 19.4.